The van der Waals surface area contributed by atoms with E-state index in [1.807, 2.05) is 11.5 Å². The maximum absolute atomic E-state index is 10.8. The van der Waals surface area contributed by atoms with Crippen molar-refractivity contribution >= 4 is 33.9 Å². The third-order valence-corrected chi connectivity index (χ3v) is 5.00. The van der Waals surface area contributed by atoms with E-state index >= 15 is 0 Å². The summed E-state index contributed by atoms with van der Waals surface area (Å²) in [7, 11) is 0. The molecule has 0 radical (unpaired) electrons. The number of aryl methyl sites for hydroxylation is 2. The lowest BCUT2D eigenvalue weighted by atomic mass is 9.81. The fourth-order valence-electron chi connectivity index (χ4n) is 3.89. The van der Waals surface area contributed by atoms with Gasteiger partial charge >= 0.3 is 0 Å². The molecular weight excluding hydrogens is 308 g/mol. The largest absolute Gasteiger partial charge is 0.493 e. The Morgan fingerprint density at radius 1 is 1.43 bits per heavy atom. The van der Waals surface area contributed by atoms with Crippen LogP contribution in [0.15, 0.2) is 16.3 Å². The fraction of sp³-hybridized carbons (Fsp3) is 0.471. The second-order valence-electron chi connectivity index (χ2n) is 7.09. The number of nitrogens with two attached hydrogens (primary N) is 1. The molecule has 3 rings (SSSR count). The molecule has 5 nitrogen and oxygen atoms in total. The van der Waals surface area contributed by atoms with E-state index in [1.54, 1.807) is 0 Å². The summed E-state index contributed by atoms with van der Waals surface area (Å²) in [6.45, 7) is 10.6. The van der Waals surface area contributed by atoms with Crippen molar-refractivity contribution in [2.45, 2.75) is 52.5 Å². The zero-order valence-corrected chi connectivity index (χ0v) is 15.0. The van der Waals surface area contributed by atoms with Gasteiger partial charge in [-0.05, 0) is 68.9 Å². The van der Waals surface area contributed by atoms with E-state index in [-0.39, 0.29) is 16.5 Å². The molecule has 1 atom stereocenters. The second-order valence-corrected chi connectivity index (χ2v) is 7.51. The number of azo groups is 1. The van der Waals surface area contributed by atoms with Gasteiger partial charge in [0.05, 0.1) is 5.52 Å². The summed E-state index contributed by atoms with van der Waals surface area (Å²) < 4.78 is 1.98. The molecule has 1 unspecified atom stereocenters. The van der Waals surface area contributed by atoms with Crippen LogP contribution < -0.4 is 5.73 Å². The lowest BCUT2D eigenvalue weighted by Crippen LogP contribution is -2.31. The summed E-state index contributed by atoms with van der Waals surface area (Å²) in [5.74, 6) is 0.542. The smallest absolute Gasteiger partial charge is 0.221 e. The van der Waals surface area contributed by atoms with E-state index in [9.17, 15) is 5.11 Å². The van der Waals surface area contributed by atoms with Crippen molar-refractivity contribution in [3.63, 3.8) is 0 Å². The van der Waals surface area contributed by atoms with Crippen LogP contribution in [-0.2, 0) is 5.54 Å². The van der Waals surface area contributed by atoms with E-state index in [4.69, 9.17) is 18.0 Å². The zero-order chi connectivity index (χ0) is 17.1. The highest BCUT2D eigenvalue weighted by Crippen LogP contribution is 2.52. The molecule has 0 saturated heterocycles. The minimum absolute atomic E-state index is 0.0432. The minimum Gasteiger partial charge on any atom is -0.493 e. The van der Waals surface area contributed by atoms with Gasteiger partial charge in [-0.2, -0.15) is 0 Å². The van der Waals surface area contributed by atoms with Crippen molar-refractivity contribution in [3.8, 4) is 5.88 Å². The Bertz CT molecular complexity index is 864. The summed E-state index contributed by atoms with van der Waals surface area (Å²) in [5.41, 5.74) is 10.3. The van der Waals surface area contributed by atoms with E-state index in [1.165, 1.54) is 11.1 Å². The first-order valence-corrected chi connectivity index (χ1v) is 8.15. The summed E-state index contributed by atoms with van der Waals surface area (Å²) in [4.78, 5) is 0. The molecule has 0 saturated carbocycles. The van der Waals surface area contributed by atoms with Gasteiger partial charge in [-0.3, -0.25) is 0 Å². The highest BCUT2D eigenvalue weighted by molar-refractivity contribution is 7.80. The molecular formula is C17H22N4OS. The van der Waals surface area contributed by atoms with Crippen LogP contribution in [0.4, 0.5) is 5.69 Å². The average Bonchev–Trinajstić information content (AvgIpc) is 2.72. The van der Waals surface area contributed by atoms with Crippen LogP contribution in [0, 0.1) is 13.8 Å². The van der Waals surface area contributed by atoms with Gasteiger partial charge in [0.15, 0.2) is 5.69 Å². The van der Waals surface area contributed by atoms with Gasteiger partial charge < -0.3 is 15.4 Å². The maximum Gasteiger partial charge on any atom is 0.221 e. The number of benzene rings is 1. The van der Waals surface area contributed by atoms with E-state index in [2.05, 4.69) is 44.0 Å². The molecule has 1 aromatic heterocycles. The highest BCUT2D eigenvalue weighted by Gasteiger charge is 2.37. The van der Waals surface area contributed by atoms with Gasteiger partial charge in [0.2, 0.25) is 11.0 Å². The topological polar surface area (TPSA) is 75.9 Å². The van der Waals surface area contributed by atoms with Gasteiger partial charge in [-0.15, -0.1) is 10.2 Å². The molecule has 3 N–H and O–H groups in total. The molecule has 6 heteroatoms. The first kappa shape index (κ1) is 15.9. The van der Waals surface area contributed by atoms with Crippen molar-refractivity contribution < 1.29 is 5.11 Å². The molecule has 2 aromatic rings. The molecule has 1 aliphatic heterocycles. The first-order valence-electron chi connectivity index (χ1n) is 7.74. The summed E-state index contributed by atoms with van der Waals surface area (Å²) in [6.07, 6.45) is 0.950. The second kappa shape index (κ2) is 5.03. The molecule has 122 valence electrons. The van der Waals surface area contributed by atoms with E-state index < -0.39 is 0 Å². The van der Waals surface area contributed by atoms with Gasteiger partial charge in [0.25, 0.3) is 0 Å². The molecule has 0 aliphatic carbocycles. The SMILES string of the molecule is Cc1cc2c3c(c1C)c(N=NC(N)=S)c(O)n3C(C)(C)CC2C. The number of hydrogen-bond acceptors (Lipinski definition) is 3. The van der Waals surface area contributed by atoms with Crippen LogP contribution in [0.3, 0.4) is 0 Å². The van der Waals surface area contributed by atoms with Gasteiger partial charge in [-0.1, -0.05) is 13.0 Å². The fourth-order valence-corrected chi connectivity index (χ4v) is 3.93. The standard InChI is InChI=1S/C17H22N4OS/c1-8-6-11-9(2)7-17(4,5)21-14(11)12(10(8)3)13(15(21)22)19-20-16(18)23/h6,9,22H,7H2,1-5H3,(H2,18,23). The quantitative estimate of drug-likeness (QED) is 0.595. The number of nitrogens with zero attached hydrogens (tertiary/aromatic N) is 3. The first-order chi connectivity index (χ1) is 10.6. The number of aromatic hydroxyl groups is 1. The van der Waals surface area contributed by atoms with Gasteiger partial charge in [0.1, 0.15) is 0 Å². The van der Waals surface area contributed by atoms with Crippen LogP contribution >= 0.6 is 12.2 Å². The monoisotopic (exact) mass is 330 g/mol. The molecule has 0 amide bonds. The minimum atomic E-state index is -0.201. The molecule has 1 aromatic carbocycles. The van der Waals surface area contributed by atoms with E-state index in [0.29, 0.717) is 11.6 Å². The van der Waals surface area contributed by atoms with Gasteiger partial charge in [-0.25, -0.2) is 0 Å². The van der Waals surface area contributed by atoms with Crippen LogP contribution in [-0.4, -0.2) is 14.8 Å². The van der Waals surface area contributed by atoms with Crippen LogP contribution in [0.2, 0.25) is 0 Å². The Balaban J connectivity index is 2.51. The highest BCUT2D eigenvalue weighted by atomic mass is 32.1. The van der Waals surface area contributed by atoms with Crippen molar-refractivity contribution in [1.29, 1.82) is 0 Å². The maximum atomic E-state index is 10.8. The third-order valence-electron chi connectivity index (χ3n) is 4.92. The third kappa shape index (κ3) is 2.24. The Hall–Kier alpha value is -1.95. The lowest BCUT2D eigenvalue weighted by molar-refractivity contribution is 0.267. The van der Waals surface area contributed by atoms with E-state index in [0.717, 1.165) is 22.9 Å². The van der Waals surface area contributed by atoms with Crippen LogP contribution in [0.5, 0.6) is 5.88 Å². The van der Waals surface area contributed by atoms with Crippen molar-refractivity contribution in [1.82, 2.24) is 4.57 Å². The average molecular weight is 330 g/mol. The normalized spacial score (nSPS) is 19.6. The van der Waals surface area contributed by atoms with Crippen molar-refractivity contribution in [2.75, 3.05) is 0 Å². The molecule has 2 heterocycles. The number of aromatic nitrogens is 1. The Kier molecular flexibility index (Phi) is 3.48. The predicted octanol–water partition coefficient (Wildman–Crippen LogP) is 4.53. The lowest BCUT2D eigenvalue weighted by Gasteiger charge is -2.37. The van der Waals surface area contributed by atoms with Crippen molar-refractivity contribution in [2.24, 2.45) is 16.0 Å². The van der Waals surface area contributed by atoms with Crippen LogP contribution in [0.1, 0.15) is 49.8 Å². The Labute approximate surface area is 141 Å². The summed E-state index contributed by atoms with van der Waals surface area (Å²) in [5, 5.41) is 19.7. The summed E-state index contributed by atoms with van der Waals surface area (Å²) in [6, 6.07) is 2.22. The summed E-state index contributed by atoms with van der Waals surface area (Å²) >= 11 is 4.79. The Morgan fingerprint density at radius 2 is 2.09 bits per heavy atom. The number of rotatable bonds is 1. The molecule has 0 bridgehead atoms. The van der Waals surface area contributed by atoms with Crippen molar-refractivity contribution in [3.05, 3.63) is 22.8 Å². The zero-order valence-electron chi connectivity index (χ0n) is 14.1. The Morgan fingerprint density at radius 3 is 2.70 bits per heavy atom. The van der Waals surface area contributed by atoms with Crippen LogP contribution in [0.25, 0.3) is 10.9 Å². The predicted molar refractivity (Wildman–Crippen MR) is 96.7 cm³/mol. The molecule has 1 aliphatic rings. The molecule has 0 spiro atoms. The molecule has 23 heavy (non-hydrogen) atoms. The number of hydrogen-bond donors (Lipinski definition) is 2. The molecule has 0 fully saturated rings. The number of thiocarbonyl (C=S) groups is 1. The van der Waals surface area contributed by atoms with Gasteiger partial charge in [0, 0.05) is 10.9 Å².